The molecule has 0 atom stereocenters. The minimum atomic E-state index is 0.278. The summed E-state index contributed by atoms with van der Waals surface area (Å²) in [5.74, 6) is 0.577. The fourth-order valence-corrected chi connectivity index (χ4v) is 1.55. The van der Waals surface area contributed by atoms with Crippen molar-refractivity contribution in [1.82, 2.24) is 15.1 Å². The molecule has 3 aromatic rings. The lowest BCUT2D eigenvalue weighted by atomic mass is 10.1. The Labute approximate surface area is 90.3 Å². The molecule has 1 N–H and O–H groups in total. The van der Waals surface area contributed by atoms with Gasteiger partial charge in [0.25, 0.3) is 0 Å². The van der Waals surface area contributed by atoms with E-state index < -0.39 is 0 Å². The number of hydrogen-bond acceptors (Lipinski definition) is 4. The number of H-pyrrole nitrogens is 1. The second-order valence-electron chi connectivity index (χ2n) is 3.32. The van der Waals surface area contributed by atoms with Crippen molar-refractivity contribution < 1.29 is 4.52 Å². The number of imidazole rings is 1. The van der Waals surface area contributed by atoms with Crippen LogP contribution in [0.15, 0.2) is 35.1 Å². The van der Waals surface area contributed by atoms with E-state index >= 15 is 0 Å². The molecule has 0 aliphatic heterocycles. The molecule has 2 heterocycles. The molecule has 76 valence electrons. The summed E-state index contributed by atoms with van der Waals surface area (Å²) in [7, 11) is 0. The molecule has 16 heavy (non-hydrogen) atoms. The van der Waals surface area contributed by atoms with E-state index in [2.05, 4.69) is 15.1 Å². The average Bonchev–Trinajstić information content (AvgIpc) is 2.96. The van der Waals surface area contributed by atoms with Gasteiger partial charge in [0.05, 0.1) is 17.4 Å². The van der Waals surface area contributed by atoms with Crippen LogP contribution in [-0.4, -0.2) is 15.1 Å². The van der Waals surface area contributed by atoms with Crippen LogP contribution in [0.25, 0.3) is 22.4 Å². The number of rotatable bonds is 1. The zero-order valence-corrected chi connectivity index (χ0v) is 8.14. The molecule has 5 nitrogen and oxygen atoms in total. The first-order valence-electron chi connectivity index (χ1n) is 4.67. The highest BCUT2D eigenvalue weighted by molar-refractivity contribution is 5.80. The number of aromatic amines is 1. The van der Waals surface area contributed by atoms with E-state index in [1.54, 1.807) is 12.4 Å². The first-order chi connectivity index (χ1) is 7.86. The van der Waals surface area contributed by atoms with Crippen molar-refractivity contribution in [1.29, 1.82) is 5.26 Å². The van der Waals surface area contributed by atoms with Crippen molar-refractivity contribution in [2.24, 2.45) is 0 Å². The van der Waals surface area contributed by atoms with Crippen LogP contribution in [0.2, 0.25) is 0 Å². The Hall–Kier alpha value is -2.61. The van der Waals surface area contributed by atoms with Crippen LogP contribution in [0.4, 0.5) is 0 Å². The number of fused-ring (bicyclic) bond motifs is 1. The SMILES string of the molecule is N#Cc1cc(-c2ccc3nc[nH]c3c2)on1. The molecule has 0 saturated heterocycles. The van der Waals surface area contributed by atoms with E-state index in [0.717, 1.165) is 16.6 Å². The number of benzene rings is 1. The normalized spacial score (nSPS) is 10.4. The third-order valence-corrected chi connectivity index (χ3v) is 2.33. The van der Waals surface area contributed by atoms with Crippen molar-refractivity contribution in [3.63, 3.8) is 0 Å². The Morgan fingerprint density at radius 3 is 3.06 bits per heavy atom. The molecule has 0 radical (unpaired) electrons. The number of nitrogens with zero attached hydrogens (tertiary/aromatic N) is 3. The average molecular weight is 210 g/mol. The minimum absolute atomic E-state index is 0.278. The van der Waals surface area contributed by atoms with E-state index in [-0.39, 0.29) is 5.69 Å². The Morgan fingerprint density at radius 1 is 1.31 bits per heavy atom. The second-order valence-corrected chi connectivity index (χ2v) is 3.32. The van der Waals surface area contributed by atoms with Crippen molar-refractivity contribution >= 4 is 11.0 Å². The zero-order chi connectivity index (χ0) is 11.0. The van der Waals surface area contributed by atoms with Crippen molar-refractivity contribution in [3.05, 3.63) is 36.3 Å². The van der Waals surface area contributed by atoms with Gasteiger partial charge in [0.2, 0.25) is 0 Å². The highest BCUT2D eigenvalue weighted by Gasteiger charge is 2.07. The predicted molar refractivity (Wildman–Crippen MR) is 56.3 cm³/mol. The predicted octanol–water partition coefficient (Wildman–Crippen LogP) is 2.09. The molecule has 3 rings (SSSR count). The highest BCUT2D eigenvalue weighted by Crippen LogP contribution is 2.23. The Kier molecular flexibility index (Phi) is 1.74. The van der Waals surface area contributed by atoms with Crippen LogP contribution in [0.5, 0.6) is 0 Å². The van der Waals surface area contributed by atoms with Crippen LogP contribution in [0.1, 0.15) is 5.69 Å². The quantitative estimate of drug-likeness (QED) is 0.667. The molecule has 5 heteroatoms. The van der Waals surface area contributed by atoms with Crippen molar-refractivity contribution in [3.8, 4) is 17.4 Å². The van der Waals surface area contributed by atoms with Crippen LogP contribution in [-0.2, 0) is 0 Å². The van der Waals surface area contributed by atoms with Crippen LogP contribution in [0, 0.1) is 11.3 Å². The maximum absolute atomic E-state index is 8.65. The van der Waals surface area contributed by atoms with Gasteiger partial charge in [-0.05, 0) is 18.2 Å². The smallest absolute Gasteiger partial charge is 0.184 e. The summed E-state index contributed by atoms with van der Waals surface area (Å²) in [5.41, 5.74) is 2.96. The fraction of sp³-hybridized carbons (Fsp3) is 0. The van der Waals surface area contributed by atoms with Gasteiger partial charge in [-0.15, -0.1) is 0 Å². The van der Waals surface area contributed by atoms with Gasteiger partial charge in [-0.3, -0.25) is 0 Å². The Bertz CT molecular complexity index is 689. The number of aromatic nitrogens is 3. The summed E-state index contributed by atoms with van der Waals surface area (Å²) in [6.45, 7) is 0. The third-order valence-electron chi connectivity index (χ3n) is 2.33. The van der Waals surface area contributed by atoms with Crippen molar-refractivity contribution in [2.45, 2.75) is 0 Å². The molecule has 0 fully saturated rings. The topological polar surface area (TPSA) is 78.5 Å². The van der Waals surface area contributed by atoms with Gasteiger partial charge in [-0.2, -0.15) is 5.26 Å². The van der Waals surface area contributed by atoms with Crippen LogP contribution >= 0.6 is 0 Å². The molecule has 0 aliphatic rings. The lowest BCUT2D eigenvalue weighted by Gasteiger charge is -1.94. The first-order valence-corrected chi connectivity index (χ1v) is 4.67. The standard InChI is InChI=1S/C11H6N4O/c12-5-8-4-11(16-15-8)7-1-2-9-10(3-7)14-6-13-9/h1-4,6H,(H,13,14). The number of nitrogens with one attached hydrogen (secondary N) is 1. The summed E-state index contributed by atoms with van der Waals surface area (Å²) in [6, 6.07) is 9.20. The zero-order valence-electron chi connectivity index (χ0n) is 8.14. The van der Waals surface area contributed by atoms with Gasteiger partial charge in [-0.1, -0.05) is 5.16 Å². The highest BCUT2D eigenvalue weighted by atomic mass is 16.5. The first kappa shape index (κ1) is 8.68. The summed E-state index contributed by atoms with van der Waals surface area (Å²) < 4.78 is 5.06. The molecule has 0 amide bonds. The third kappa shape index (κ3) is 1.25. The van der Waals surface area contributed by atoms with Crippen LogP contribution < -0.4 is 0 Å². The number of nitriles is 1. The summed E-state index contributed by atoms with van der Waals surface area (Å²) >= 11 is 0. The van der Waals surface area contributed by atoms with Gasteiger partial charge < -0.3 is 9.51 Å². The lowest BCUT2D eigenvalue weighted by Crippen LogP contribution is -1.75. The van der Waals surface area contributed by atoms with E-state index in [0.29, 0.717) is 5.76 Å². The van der Waals surface area contributed by atoms with Gasteiger partial charge >= 0.3 is 0 Å². The second kappa shape index (κ2) is 3.21. The molecule has 0 saturated carbocycles. The van der Waals surface area contributed by atoms with Crippen molar-refractivity contribution in [2.75, 3.05) is 0 Å². The van der Waals surface area contributed by atoms with E-state index in [4.69, 9.17) is 9.78 Å². The van der Waals surface area contributed by atoms with Gasteiger partial charge in [-0.25, -0.2) is 4.98 Å². The maximum Gasteiger partial charge on any atom is 0.184 e. The Morgan fingerprint density at radius 2 is 2.25 bits per heavy atom. The fourth-order valence-electron chi connectivity index (χ4n) is 1.55. The number of hydrogen-bond donors (Lipinski definition) is 1. The van der Waals surface area contributed by atoms with Crippen LogP contribution in [0.3, 0.4) is 0 Å². The largest absolute Gasteiger partial charge is 0.355 e. The molecule has 1 aromatic carbocycles. The molecule has 2 aromatic heterocycles. The minimum Gasteiger partial charge on any atom is -0.355 e. The maximum atomic E-state index is 8.65. The summed E-state index contributed by atoms with van der Waals surface area (Å²) in [4.78, 5) is 7.13. The molecule has 0 aliphatic carbocycles. The monoisotopic (exact) mass is 210 g/mol. The molecule has 0 bridgehead atoms. The van der Waals surface area contributed by atoms with E-state index in [9.17, 15) is 0 Å². The lowest BCUT2D eigenvalue weighted by molar-refractivity contribution is 0.430. The van der Waals surface area contributed by atoms with Gasteiger partial charge in [0, 0.05) is 11.6 Å². The molecule has 0 unspecified atom stereocenters. The Balaban J connectivity index is 2.14. The van der Waals surface area contributed by atoms with Gasteiger partial charge in [0.1, 0.15) is 6.07 Å². The molecular weight excluding hydrogens is 204 g/mol. The summed E-state index contributed by atoms with van der Waals surface area (Å²) in [6.07, 6.45) is 1.63. The molecular formula is C11H6N4O. The van der Waals surface area contributed by atoms with E-state index in [1.807, 2.05) is 24.3 Å². The van der Waals surface area contributed by atoms with E-state index in [1.165, 1.54) is 0 Å². The summed E-state index contributed by atoms with van der Waals surface area (Å²) in [5, 5.41) is 12.3. The van der Waals surface area contributed by atoms with Gasteiger partial charge in [0.15, 0.2) is 11.5 Å². The molecule has 0 spiro atoms.